The number of hydrazine groups is 1. The van der Waals surface area contributed by atoms with Crippen LogP contribution in [0.1, 0.15) is 33.9 Å². The summed E-state index contributed by atoms with van der Waals surface area (Å²) in [7, 11) is 0. The number of halogens is 5. The van der Waals surface area contributed by atoms with E-state index in [1.807, 2.05) is 0 Å². The Labute approximate surface area is 162 Å². The molecule has 144 valence electrons. The Bertz CT molecular complexity index is 856. The lowest BCUT2D eigenvalue weighted by Gasteiger charge is -2.30. The summed E-state index contributed by atoms with van der Waals surface area (Å²) in [6.45, 7) is 0. The molecular weight excluding hydrogens is 408 g/mol. The quantitative estimate of drug-likeness (QED) is 0.703. The van der Waals surface area contributed by atoms with Crippen LogP contribution in [0.25, 0.3) is 0 Å². The Kier molecular flexibility index (Phi) is 5.13. The molecule has 2 atom stereocenters. The molecule has 10 heteroatoms. The smallest absolute Gasteiger partial charge is 0.423 e. The minimum atomic E-state index is -4.81. The summed E-state index contributed by atoms with van der Waals surface area (Å²) >= 11 is 11.7. The lowest BCUT2D eigenvalue weighted by atomic mass is 9.85. The van der Waals surface area contributed by atoms with E-state index in [4.69, 9.17) is 39.0 Å². The average Bonchev–Trinajstić information content (AvgIpc) is 2.93. The first-order valence-corrected chi connectivity index (χ1v) is 8.39. The third-order valence-corrected chi connectivity index (χ3v) is 4.81. The van der Waals surface area contributed by atoms with Crippen molar-refractivity contribution in [2.75, 3.05) is 0 Å². The van der Waals surface area contributed by atoms with E-state index in [-0.39, 0.29) is 21.2 Å². The zero-order chi connectivity index (χ0) is 20.0. The number of carboxylic acids is 1. The van der Waals surface area contributed by atoms with Crippen molar-refractivity contribution in [2.45, 2.75) is 24.2 Å². The topological polar surface area (TPSA) is 75.8 Å². The van der Waals surface area contributed by atoms with E-state index in [9.17, 15) is 18.0 Å². The molecule has 1 heterocycles. The highest BCUT2D eigenvalue weighted by molar-refractivity contribution is 6.34. The number of alkyl halides is 3. The van der Waals surface area contributed by atoms with Gasteiger partial charge in [0.05, 0.1) is 11.6 Å². The van der Waals surface area contributed by atoms with E-state index >= 15 is 0 Å². The van der Waals surface area contributed by atoms with Crippen LogP contribution in [-0.4, -0.2) is 22.4 Å². The molecule has 0 bridgehead atoms. The molecule has 2 unspecified atom stereocenters. The number of hydrogen-bond donors (Lipinski definition) is 2. The minimum absolute atomic E-state index is 0.00458. The van der Waals surface area contributed by atoms with Crippen LogP contribution in [0.3, 0.4) is 0 Å². The molecule has 27 heavy (non-hydrogen) atoms. The van der Waals surface area contributed by atoms with Gasteiger partial charge in [0, 0.05) is 16.5 Å². The van der Waals surface area contributed by atoms with Crippen molar-refractivity contribution in [3.63, 3.8) is 0 Å². The third kappa shape index (κ3) is 3.63. The number of aromatic carboxylic acids is 1. The van der Waals surface area contributed by atoms with Crippen LogP contribution >= 0.6 is 23.2 Å². The zero-order valence-corrected chi connectivity index (χ0v) is 15.0. The molecule has 0 saturated carbocycles. The third-order valence-electron chi connectivity index (χ3n) is 4.38. The van der Waals surface area contributed by atoms with Crippen molar-refractivity contribution < 1.29 is 27.9 Å². The standard InChI is InChI=1S/C17H13Cl2F3N2O3/c18-12-5-11(6-13(19)7-12)16(17(20,21)22)8-14(24(23)27-16)9-1-3-10(4-2-9)15(25)26/h1-7,14H,8,23H2,(H,25,26). The van der Waals surface area contributed by atoms with Gasteiger partial charge in [-0.1, -0.05) is 35.3 Å². The monoisotopic (exact) mass is 420 g/mol. The maximum absolute atomic E-state index is 14.0. The number of rotatable bonds is 3. The van der Waals surface area contributed by atoms with Gasteiger partial charge in [0.1, 0.15) is 0 Å². The molecule has 1 fully saturated rings. The fourth-order valence-electron chi connectivity index (χ4n) is 3.04. The van der Waals surface area contributed by atoms with Crippen molar-refractivity contribution in [1.29, 1.82) is 0 Å². The van der Waals surface area contributed by atoms with Gasteiger partial charge in [-0.3, -0.25) is 4.84 Å². The second-order valence-corrected chi connectivity index (χ2v) is 6.95. The van der Waals surface area contributed by atoms with E-state index in [1.54, 1.807) is 0 Å². The summed E-state index contributed by atoms with van der Waals surface area (Å²) in [4.78, 5) is 16.1. The van der Waals surface area contributed by atoms with Crippen LogP contribution < -0.4 is 5.84 Å². The molecule has 3 rings (SSSR count). The maximum atomic E-state index is 14.0. The summed E-state index contributed by atoms with van der Waals surface area (Å²) in [5.74, 6) is 4.58. The molecule has 0 aromatic heterocycles. The number of nitrogens with two attached hydrogens (primary N) is 1. The fourth-order valence-corrected chi connectivity index (χ4v) is 3.57. The Hall–Kier alpha value is -1.84. The highest BCUT2D eigenvalue weighted by Gasteiger charge is 2.64. The van der Waals surface area contributed by atoms with Gasteiger partial charge in [-0.2, -0.15) is 13.2 Å². The highest BCUT2D eigenvalue weighted by Crippen LogP contribution is 2.54. The molecule has 1 aliphatic rings. The van der Waals surface area contributed by atoms with Crippen molar-refractivity contribution in [3.05, 3.63) is 69.2 Å². The first kappa shape index (κ1) is 19.9. The van der Waals surface area contributed by atoms with Gasteiger partial charge in [0.25, 0.3) is 0 Å². The lowest BCUT2D eigenvalue weighted by molar-refractivity contribution is -0.329. The molecule has 0 radical (unpaired) electrons. The van der Waals surface area contributed by atoms with Crippen LogP contribution in [0, 0.1) is 0 Å². The second-order valence-electron chi connectivity index (χ2n) is 6.08. The normalized spacial score (nSPS) is 23.6. The van der Waals surface area contributed by atoms with Crippen LogP contribution in [0.15, 0.2) is 42.5 Å². The summed E-state index contributed by atoms with van der Waals surface area (Å²) in [6, 6.07) is 7.98. The number of carbonyl (C=O) groups is 1. The van der Waals surface area contributed by atoms with Crippen molar-refractivity contribution in [3.8, 4) is 0 Å². The van der Waals surface area contributed by atoms with Gasteiger partial charge in [-0.25, -0.2) is 10.6 Å². The summed E-state index contributed by atoms with van der Waals surface area (Å²) in [6.07, 6.45) is -5.37. The molecule has 2 aromatic rings. The Morgan fingerprint density at radius 2 is 1.74 bits per heavy atom. The fraction of sp³-hybridized carbons (Fsp3) is 0.235. The van der Waals surface area contributed by atoms with E-state index in [1.165, 1.54) is 30.3 Å². The summed E-state index contributed by atoms with van der Waals surface area (Å²) in [5.41, 5.74) is -2.63. The van der Waals surface area contributed by atoms with E-state index in [0.29, 0.717) is 10.7 Å². The highest BCUT2D eigenvalue weighted by atomic mass is 35.5. The van der Waals surface area contributed by atoms with E-state index < -0.39 is 30.2 Å². The minimum Gasteiger partial charge on any atom is -0.478 e. The van der Waals surface area contributed by atoms with Crippen LogP contribution in [0.2, 0.25) is 10.0 Å². The number of benzene rings is 2. The van der Waals surface area contributed by atoms with Crippen LogP contribution in [0.5, 0.6) is 0 Å². The molecule has 1 aliphatic heterocycles. The molecule has 0 spiro atoms. The average molecular weight is 421 g/mol. The Balaban J connectivity index is 2.04. The predicted molar refractivity (Wildman–Crippen MR) is 92.1 cm³/mol. The summed E-state index contributed by atoms with van der Waals surface area (Å²) < 4.78 is 42.1. The van der Waals surface area contributed by atoms with Gasteiger partial charge in [0.2, 0.25) is 5.60 Å². The molecule has 2 aromatic carbocycles. The molecule has 5 nitrogen and oxygen atoms in total. The molecule has 1 saturated heterocycles. The number of hydrogen-bond acceptors (Lipinski definition) is 4. The number of hydroxylamine groups is 1. The Morgan fingerprint density at radius 3 is 2.22 bits per heavy atom. The van der Waals surface area contributed by atoms with E-state index in [2.05, 4.69) is 0 Å². The number of nitrogens with zero attached hydrogens (tertiary/aromatic N) is 1. The number of carboxylic acid groups (broad SMARTS) is 1. The SMILES string of the molecule is NN1OC(c2cc(Cl)cc(Cl)c2)(C(F)(F)F)CC1c1ccc(C(=O)O)cc1. The maximum Gasteiger partial charge on any atom is 0.423 e. The summed E-state index contributed by atoms with van der Waals surface area (Å²) in [5, 5.41) is 9.63. The van der Waals surface area contributed by atoms with Crippen molar-refractivity contribution >= 4 is 29.2 Å². The first-order valence-electron chi connectivity index (χ1n) is 7.63. The van der Waals surface area contributed by atoms with Gasteiger partial charge in [-0.15, -0.1) is 5.17 Å². The van der Waals surface area contributed by atoms with Crippen LogP contribution in [-0.2, 0) is 10.4 Å². The van der Waals surface area contributed by atoms with Gasteiger partial charge in [-0.05, 0) is 41.5 Å². The van der Waals surface area contributed by atoms with Gasteiger partial charge < -0.3 is 5.11 Å². The van der Waals surface area contributed by atoms with Crippen molar-refractivity contribution in [2.24, 2.45) is 5.84 Å². The van der Waals surface area contributed by atoms with E-state index in [0.717, 1.165) is 12.1 Å². The van der Waals surface area contributed by atoms with Crippen LogP contribution in [0.4, 0.5) is 13.2 Å². The molecule has 3 N–H and O–H groups in total. The molecule has 0 aliphatic carbocycles. The Morgan fingerprint density at radius 1 is 1.19 bits per heavy atom. The second kappa shape index (κ2) is 6.96. The molecule has 0 amide bonds. The van der Waals surface area contributed by atoms with Gasteiger partial charge >= 0.3 is 12.1 Å². The lowest BCUT2D eigenvalue weighted by Crippen LogP contribution is -2.44. The largest absolute Gasteiger partial charge is 0.478 e. The van der Waals surface area contributed by atoms with Gasteiger partial charge in [0.15, 0.2) is 0 Å². The zero-order valence-electron chi connectivity index (χ0n) is 13.5. The van der Waals surface area contributed by atoms with Crippen molar-refractivity contribution in [1.82, 2.24) is 5.17 Å². The first-order chi connectivity index (χ1) is 12.5. The predicted octanol–water partition coefficient (Wildman–Crippen LogP) is 4.70. The molecular formula is C17H13Cl2F3N2O3.